The van der Waals surface area contributed by atoms with Crippen molar-refractivity contribution in [2.24, 2.45) is 3.50 Å². The van der Waals surface area contributed by atoms with Gasteiger partial charge in [-0.2, -0.15) is 0 Å². The Morgan fingerprint density at radius 3 is 2.83 bits per heavy atom. The van der Waals surface area contributed by atoms with E-state index >= 15 is 0 Å². The second kappa shape index (κ2) is 3.37. The summed E-state index contributed by atoms with van der Waals surface area (Å²) in [6.07, 6.45) is -1.29. The van der Waals surface area contributed by atoms with Crippen LogP contribution in [0.3, 0.4) is 0 Å². The average Bonchev–Trinajstić information content (AvgIpc) is 1.27. The van der Waals surface area contributed by atoms with Crippen LogP contribution in [0.5, 0.6) is 0 Å². The van der Waals surface area contributed by atoms with Crippen LogP contribution in [0.2, 0.25) is 0 Å². The minimum atomic E-state index is -2.81. The van der Waals surface area contributed by atoms with E-state index < -0.39 is 22.5 Å². The van der Waals surface area contributed by atoms with Gasteiger partial charge in [-0.25, -0.2) is 0 Å². The molecule has 0 aromatic rings. The first-order valence-electron chi connectivity index (χ1n) is 1.41. The second-order valence-electron chi connectivity index (χ2n) is 0.448. The molecule has 0 heterocycles. The molecular weight excluding hydrogens is 274 g/mol. The molecule has 0 saturated carbocycles. The van der Waals surface area contributed by atoms with Crippen LogP contribution in [0.1, 0.15) is 0 Å². The fourth-order valence-electron chi connectivity index (χ4n) is 0.0319. The SMILES string of the molecule is [3H]/[W](=[S])=[N]\C(=O)O. The van der Waals surface area contributed by atoms with Crippen molar-refractivity contribution in [1.82, 2.24) is 0 Å². The van der Waals surface area contributed by atoms with E-state index in [-0.39, 0.29) is 0 Å². The summed E-state index contributed by atoms with van der Waals surface area (Å²) in [6, 6.07) is 0. The zero-order valence-corrected chi connectivity index (χ0v) is 6.37. The van der Waals surface area contributed by atoms with E-state index in [1.54, 1.807) is 0 Å². The first-order valence-corrected chi connectivity index (χ1v) is 6.24. The van der Waals surface area contributed by atoms with Gasteiger partial charge < -0.3 is 0 Å². The van der Waals surface area contributed by atoms with Crippen LogP contribution < -0.4 is 0 Å². The summed E-state index contributed by atoms with van der Waals surface area (Å²) in [4.78, 5) is 9.51. The Balaban J connectivity index is 3.95. The van der Waals surface area contributed by atoms with E-state index in [0.29, 0.717) is 0 Å². The number of amides is 1. The molecule has 1 N–H and O–H groups in total. The molecule has 0 aromatic heterocycles. The van der Waals surface area contributed by atoms with Crippen molar-refractivity contribution in [3.63, 3.8) is 0 Å². The molecule has 6 heavy (non-hydrogen) atoms. The minimum absolute atomic E-state index is 1.29. The van der Waals surface area contributed by atoms with E-state index in [2.05, 4.69) is 13.3 Å². The molecule has 0 bridgehead atoms. The number of hydrogen-bond donors (Lipinski definition) is 1. The Labute approximate surface area is 46.8 Å². The zero-order chi connectivity index (χ0) is 5.86. The molecular formula is CH2NO2SW. The van der Waals surface area contributed by atoms with Gasteiger partial charge in [-0.15, -0.1) is 0 Å². The van der Waals surface area contributed by atoms with Crippen molar-refractivity contribution in [3.05, 3.63) is 0 Å². The van der Waals surface area contributed by atoms with Crippen molar-refractivity contribution in [3.8, 4) is 0 Å². The third-order valence-corrected chi connectivity index (χ3v) is 1.55. The summed E-state index contributed by atoms with van der Waals surface area (Å²) in [7, 11) is 4.27. The maximum absolute atomic E-state index is 9.51. The fourth-order valence-corrected chi connectivity index (χ4v) is 0.783. The second-order valence-corrected chi connectivity index (χ2v) is 2.86. The third kappa shape index (κ3) is 4.18. The molecule has 0 radical (unpaired) electrons. The van der Waals surface area contributed by atoms with Gasteiger partial charge in [0, 0.05) is 0 Å². The van der Waals surface area contributed by atoms with Gasteiger partial charge in [-0.3, -0.25) is 0 Å². The van der Waals surface area contributed by atoms with Crippen molar-refractivity contribution in [2.45, 2.75) is 0 Å². The van der Waals surface area contributed by atoms with E-state index in [1.165, 1.54) is 0 Å². The first kappa shape index (κ1) is 4.34. The molecule has 0 fully saturated rings. The summed E-state index contributed by atoms with van der Waals surface area (Å²) in [5.41, 5.74) is 0. The Kier molecular flexibility index (Phi) is 2.44. The van der Waals surface area contributed by atoms with E-state index in [1.807, 2.05) is 0 Å². The summed E-state index contributed by atoms with van der Waals surface area (Å²) in [6.45, 7) is 0. The molecule has 0 atom stereocenters. The Morgan fingerprint density at radius 1 is 2.33 bits per heavy atom. The molecule has 0 aliphatic carbocycles. The third-order valence-electron chi connectivity index (χ3n) is 0.115. The molecule has 0 aromatic carbocycles. The van der Waals surface area contributed by atoms with Crippen LogP contribution >= 0.6 is 9.82 Å². The number of rotatable bonds is 0. The number of carboxylic acid groups (broad SMARTS) is 1. The molecule has 0 rings (SSSR count). The molecule has 0 unspecified atom stereocenters. The van der Waals surface area contributed by atoms with Crippen LogP contribution in [0, 0.1) is 0 Å². The van der Waals surface area contributed by atoms with Crippen molar-refractivity contribution >= 4 is 15.9 Å². The predicted molar refractivity (Wildman–Crippen MR) is 19.4 cm³/mol. The first-order chi connectivity index (χ1) is 3.13. The molecule has 0 aliphatic rings. The molecule has 35 valence electrons. The normalized spacial score (nSPS) is 13.3. The van der Waals surface area contributed by atoms with Gasteiger partial charge in [-0.1, -0.05) is 0 Å². The van der Waals surface area contributed by atoms with Gasteiger partial charge in [0.15, 0.2) is 0 Å². The van der Waals surface area contributed by atoms with Gasteiger partial charge in [0.25, 0.3) is 0 Å². The zero-order valence-electron chi connectivity index (χ0n) is 3.62. The summed E-state index contributed by atoms with van der Waals surface area (Å²) >= 11 is -2.81. The quantitative estimate of drug-likeness (QED) is 0.712. The summed E-state index contributed by atoms with van der Waals surface area (Å²) in [5, 5.41) is 7.78. The van der Waals surface area contributed by atoms with E-state index in [9.17, 15) is 4.79 Å². The van der Waals surface area contributed by atoms with Gasteiger partial charge in [-0.05, 0) is 0 Å². The van der Waals surface area contributed by atoms with Crippen LogP contribution in [0.15, 0.2) is 3.50 Å². The Hall–Kier alpha value is 0.178. The van der Waals surface area contributed by atoms with Crippen LogP contribution in [-0.2, 0) is 16.4 Å². The maximum atomic E-state index is 9.51. The fraction of sp³-hybridized carbons (Fsp3) is 0. The molecule has 0 spiro atoms. The van der Waals surface area contributed by atoms with Crippen LogP contribution in [0.25, 0.3) is 0 Å². The Bertz CT molecular complexity index is 150. The standard InChI is InChI=1S/CHNO2.S.W.H/c2-1(3)4;;;/h(H,3,4);;;/i;;;1+2. The predicted octanol–water partition coefficient (Wildman–Crippen LogP) is 0.775. The molecule has 0 aliphatic heterocycles. The van der Waals surface area contributed by atoms with Gasteiger partial charge >= 0.3 is 46.4 Å². The molecule has 5 heteroatoms. The van der Waals surface area contributed by atoms with Crippen LogP contribution in [-0.4, -0.2) is 11.9 Å². The Morgan fingerprint density at radius 2 is 2.83 bits per heavy atom. The number of hydrogen-bond acceptors (Lipinski definition) is 2. The van der Waals surface area contributed by atoms with Gasteiger partial charge in [0.2, 0.25) is 0 Å². The van der Waals surface area contributed by atoms with Gasteiger partial charge in [0.05, 0.1) is 0 Å². The molecule has 1 amide bonds. The van der Waals surface area contributed by atoms with E-state index in [4.69, 9.17) is 5.86 Å². The summed E-state index contributed by atoms with van der Waals surface area (Å²) < 4.78 is 9.44. The monoisotopic (exact) mass is 278 g/mol. The number of carbonyl (C=O) groups is 1. The summed E-state index contributed by atoms with van der Waals surface area (Å²) in [5.74, 6) is 0. The van der Waals surface area contributed by atoms with E-state index in [0.717, 1.165) is 0 Å². The van der Waals surface area contributed by atoms with Crippen molar-refractivity contribution in [1.29, 1.82) is 0.749 Å². The average molecular weight is 278 g/mol. The number of nitrogens with zero attached hydrogens (tertiary/aromatic N) is 1. The van der Waals surface area contributed by atoms with Crippen LogP contribution in [0.4, 0.5) is 4.79 Å². The molecule has 3 nitrogen and oxygen atoms in total. The van der Waals surface area contributed by atoms with Crippen molar-refractivity contribution in [2.75, 3.05) is 0 Å². The molecule has 0 saturated heterocycles. The van der Waals surface area contributed by atoms with Crippen molar-refractivity contribution < 1.29 is 26.3 Å². The van der Waals surface area contributed by atoms with Gasteiger partial charge in [0.1, 0.15) is 0 Å². The topological polar surface area (TPSA) is 49.7 Å².